The van der Waals surface area contributed by atoms with Gasteiger partial charge in [0.05, 0.1) is 26.4 Å². The van der Waals surface area contributed by atoms with Crippen LogP contribution in [-0.4, -0.2) is 49.0 Å². The normalized spacial score (nSPS) is 22.5. The number of unbranched alkanes of at least 4 members (excludes halogenated alkanes) is 5. The molecule has 6 nitrogen and oxygen atoms in total. The van der Waals surface area contributed by atoms with Crippen molar-refractivity contribution in [2.45, 2.75) is 96.0 Å². The highest BCUT2D eigenvalue weighted by Gasteiger charge is 2.48. The molecule has 1 aliphatic rings. The van der Waals surface area contributed by atoms with E-state index < -0.39 is 30.7 Å². The van der Waals surface area contributed by atoms with E-state index in [0.29, 0.717) is 26.4 Å². The lowest BCUT2D eigenvalue weighted by Crippen LogP contribution is -2.61. The van der Waals surface area contributed by atoms with Gasteiger partial charge in [-0.05, 0) is 23.1 Å². The predicted molar refractivity (Wildman–Crippen MR) is 160 cm³/mol. The molecule has 222 valence electrons. The number of hydrogen-bond acceptors (Lipinski definition) is 6. The summed E-state index contributed by atoms with van der Waals surface area (Å²) in [6.45, 7) is 3.69. The van der Waals surface area contributed by atoms with E-state index in [-0.39, 0.29) is 6.61 Å². The molecule has 1 heterocycles. The largest absolute Gasteiger partial charge is 0.394 e. The molecule has 6 heteroatoms. The Hall–Kier alpha value is -2.58. The summed E-state index contributed by atoms with van der Waals surface area (Å²) in [7, 11) is 0. The number of hydrogen-bond donors (Lipinski definition) is 1. The molecular weight excluding hydrogens is 516 g/mol. The van der Waals surface area contributed by atoms with Crippen LogP contribution in [0.1, 0.15) is 62.1 Å². The molecule has 0 bridgehead atoms. The molecule has 4 rings (SSSR count). The molecule has 1 aliphatic heterocycles. The van der Waals surface area contributed by atoms with Crippen LogP contribution < -0.4 is 0 Å². The van der Waals surface area contributed by atoms with Gasteiger partial charge < -0.3 is 28.8 Å². The van der Waals surface area contributed by atoms with Crippen molar-refractivity contribution in [3.63, 3.8) is 0 Å². The third-order valence-electron chi connectivity index (χ3n) is 7.41. The Kier molecular flexibility index (Phi) is 13.8. The first kappa shape index (κ1) is 31.4. The van der Waals surface area contributed by atoms with Crippen LogP contribution in [0.4, 0.5) is 0 Å². The molecule has 1 saturated heterocycles. The molecule has 0 unspecified atom stereocenters. The lowest BCUT2D eigenvalue weighted by Gasteiger charge is -2.45. The summed E-state index contributed by atoms with van der Waals surface area (Å²) in [5.41, 5.74) is 3.14. The first-order valence-corrected chi connectivity index (χ1v) is 15.1. The van der Waals surface area contributed by atoms with Crippen molar-refractivity contribution < 1.29 is 28.8 Å². The fourth-order valence-corrected chi connectivity index (χ4v) is 5.11. The van der Waals surface area contributed by atoms with Gasteiger partial charge in [-0.15, -0.1) is 0 Å². The Morgan fingerprint density at radius 2 is 1.02 bits per heavy atom. The monoisotopic (exact) mass is 562 g/mol. The molecule has 0 saturated carbocycles. The van der Waals surface area contributed by atoms with Gasteiger partial charge in [0.1, 0.15) is 24.4 Å². The molecule has 0 amide bonds. The van der Waals surface area contributed by atoms with Gasteiger partial charge in [0, 0.05) is 6.61 Å². The third-order valence-corrected chi connectivity index (χ3v) is 7.41. The first-order chi connectivity index (χ1) is 20.3. The van der Waals surface area contributed by atoms with Gasteiger partial charge in [-0.25, -0.2) is 0 Å². The molecule has 3 aromatic rings. The average Bonchev–Trinajstić information content (AvgIpc) is 3.03. The van der Waals surface area contributed by atoms with Gasteiger partial charge in [-0.1, -0.05) is 130 Å². The second-order valence-electron chi connectivity index (χ2n) is 10.6. The van der Waals surface area contributed by atoms with Gasteiger partial charge in [0.15, 0.2) is 6.29 Å². The van der Waals surface area contributed by atoms with Crippen LogP contribution in [0.15, 0.2) is 91.0 Å². The molecule has 0 aromatic heterocycles. The van der Waals surface area contributed by atoms with E-state index in [1.54, 1.807) is 0 Å². The maximum atomic E-state index is 10.4. The number of aliphatic hydroxyl groups excluding tert-OH is 1. The van der Waals surface area contributed by atoms with E-state index in [1.807, 2.05) is 91.0 Å². The first-order valence-electron chi connectivity index (χ1n) is 15.1. The van der Waals surface area contributed by atoms with Crippen LogP contribution in [-0.2, 0) is 43.5 Å². The Labute approximate surface area is 245 Å². The lowest BCUT2D eigenvalue weighted by molar-refractivity contribution is -0.326. The molecule has 0 aliphatic carbocycles. The number of rotatable bonds is 18. The summed E-state index contributed by atoms with van der Waals surface area (Å²) in [6, 6.07) is 30.1. The predicted octanol–water partition coefficient (Wildman–Crippen LogP) is 6.84. The maximum absolute atomic E-state index is 10.4. The highest BCUT2D eigenvalue weighted by atomic mass is 16.7. The highest BCUT2D eigenvalue weighted by molar-refractivity contribution is 5.15. The van der Waals surface area contributed by atoms with Crippen LogP contribution in [0, 0.1) is 0 Å². The van der Waals surface area contributed by atoms with Crippen molar-refractivity contribution in [3.05, 3.63) is 108 Å². The minimum absolute atomic E-state index is 0.215. The topological polar surface area (TPSA) is 66.4 Å². The van der Waals surface area contributed by atoms with E-state index in [1.165, 1.54) is 25.7 Å². The van der Waals surface area contributed by atoms with Crippen molar-refractivity contribution in [1.29, 1.82) is 0 Å². The van der Waals surface area contributed by atoms with Gasteiger partial charge in [0.25, 0.3) is 0 Å². The van der Waals surface area contributed by atoms with Gasteiger partial charge in [0.2, 0.25) is 0 Å². The van der Waals surface area contributed by atoms with Gasteiger partial charge >= 0.3 is 0 Å². The van der Waals surface area contributed by atoms with Crippen molar-refractivity contribution in [1.82, 2.24) is 0 Å². The molecule has 1 N–H and O–H groups in total. The molecule has 0 spiro atoms. The molecule has 5 atom stereocenters. The molecule has 0 radical (unpaired) electrons. The van der Waals surface area contributed by atoms with Gasteiger partial charge in [-0.3, -0.25) is 0 Å². The van der Waals surface area contributed by atoms with E-state index in [9.17, 15) is 5.11 Å². The van der Waals surface area contributed by atoms with E-state index >= 15 is 0 Å². The Bertz CT molecular complexity index is 1060. The number of benzene rings is 3. The van der Waals surface area contributed by atoms with E-state index in [4.69, 9.17) is 23.7 Å². The van der Waals surface area contributed by atoms with Crippen LogP contribution in [0.2, 0.25) is 0 Å². The zero-order valence-corrected chi connectivity index (χ0v) is 24.3. The fraction of sp³-hybridized carbons (Fsp3) is 0.486. The number of aliphatic hydroxyl groups is 1. The second-order valence-corrected chi connectivity index (χ2v) is 10.6. The Balaban J connectivity index is 1.52. The quantitative estimate of drug-likeness (QED) is 0.171. The van der Waals surface area contributed by atoms with Crippen molar-refractivity contribution >= 4 is 0 Å². The zero-order valence-electron chi connectivity index (χ0n) is 24.3. The Morgan fingerprint density at radius 3 is 1.54 bits per heavy atom. The van der Waals surface area contributed by atoms with Crippen molar-refractivity contribution in [2.24, 2.45) is 0 Å². The fourth-order valence-electron chi connectivity index (χ4n) is 5.11. The smallest absolute Gasteiger partial charge is 0.186 e. The van der Waals surface area contributed by atoms with Crippen LogP contribution in [0.3, 0.4) is 0 Å². The summed E-state index contributed by atoms with van der Waals surface area (Å²) < 4.78 is 32.2. The van der Waals surface area contributed by atoms with Crippen LogP contribution >= 0.6 is 0 Å². The second kappa shape index (κ2) is 18.1. The minimum atomic E-state index is -0.691. The summed E-state index contributed by atoms with van der Waals surface area (Å²) in [4.78, 5) is 0. The van der Waals surface area contributed by atoms with Crippen LogP contribution in [0.25, 0.3) is 0 Å². The van der Waals surface area contributed by atoms with Crippen molar-refractivity contribution in [3.8, 4) is 0 Å². The summed E-state index contributed by atoms with van der Waals surface area (Å²) in [5, 5.41) is 10.4. The van der Waals surface area contributed by atoms with Crippen LogP contribution in [0.5, 0.6) is 0 Å². The summed E-state index contributed by atoms with van der Waals surface area (Å²) in [5.74, 6) is 0. The highest BCUT2D eigenvalue weighted by Crippen LogP contribution is 2.31. The molecule has 3 aromatic carbocycles. The van der Waals surface area contributed by atoms with E-state index in [2.05, 4.69) is 6.92 Å². The Morgan fingerprint density at radius 1 is 0.561 bits per heavy atom. The summed E-state index contributed by atoms with van der Waals surface area (Å²) >= 11 is 0. The van der Waals surface area contributed by atoms with E-state index in [0.717, 1.165) is 29.5 Å². The summed E-state index contributed by atoms with van der Waals surface area (Å²) in [6.07, 6.45) is 4.07. The lowest BCUT2D eigenvalue weighted by atomic mass is 9.98. The average molecular weight is 563 g/mol. The van der Waals surface area contributed by atoms with Crippen molar-refractivity contribution in [2.75, 3.05) is 13.2 Å². The zero-order chi connectivity index (χ0) is 28.5. The number of ether oxygens (including phenoxy) is 5. The third kappa shape index (κ3) is 10.3. The minimum Gasteiger partial charge on any atom is -0.394 e. The standard InChI is InChI=1S/C35H46O6/c1-2-3-4-5-6-16-23-37-35-34(40-27-30-21-14-9-15-22-30)33(39-26-29-19-12-8-13-20-29)32(31(24-36)41-35)38-25-28-17-10-7-11-18-28/h7-15,17-22,31-36H,2-6,16,23-27H2,1H3/t31-,32+,33+,34-,35-/m1/s1. The SMILES string of the molecule is CCCCCCCCO[C@@H]1O[C@H](CO)[C@H](OCc2ccccc2)[C@H](OCc2ccccc2)[C@H]1OCc1ccccc1. The molecule has 41 heavy (non-hydrogen) atoms. The molecular formula is C35H46O6. The maximum Gasteiger partial charge on any atom is 0.186 e. The molecule has 1 fully saturated rings. The van der Waals surface area contributed by atoms with Gasteiger partial charge in [-0.2, -0.15) is 0 Å².